The number of phenolic OH excluding ortho intramolecular Hbond substituents is 2. The molecule has 1 aliphatic rings. The third kappa shape index (κ3) is 4.33. The Balaban J connectivity index is 1.74. The highest BCUT2D eigenvalue weighted by molar-refractivity contribution is 5.71. The molecule has 1 aliphatic heterocycles. The molecule has 1 fully saturated rings. The standard InChI is InChI=1S/C19H20O7/c20-13-5-3-11(4-6-13)1-2-12-7-14(21)9-15(8-12)26-19-18(24)17(23)16(22)10-25-19/h1-9,16-24H,10H2/b2-1+/t16-,17+,18-,19-/m1/s1. The zero-order valence-corrected chi connectivity index (χ0v) is 13.8. The summed E-state index contributed by atoms with van der Waals surface area (Å²) in [6.07, 6.45) is -1.60. The topological polar surface area (TPSA) is 120 Å². The van der Waals surface area contributed by atoms with Crippen LogP contribution in [-0.2, 0) is 4.74 Å². The van der Waals surface area contributed by atoms with Crippen molar-refractivity contribution in [3.8, 4) is 17.2 Å². The van der Waals surface area contributed by atoms with E-state index in [0.29, 0.717) is 5.56 Å². The minimum atomic E-state index is -1.42. The van der Waals surface area contributed by atoms with Crippen LogP contribution in [0.1, 0.15) is 11.1 Å². The van der Waals surface area contributed by atoms with Gasteiger partial charge in [-0.3, -0.25) is 0 Å². The minimum Gasteiger partial charge on any atom is -0.508 e. The molecule has 26 heavy (non-hydrogen) atoms. The summed E-state index contributed by atoms with van der Waals surface area (Å²) >= 11 is 0. The molecule has 0 unspecified atom stereocenters. The van der Waals surface area contributed by atoms with Crippen molar-refractivity contribution in [3.63, 3.8) is 0 Å². The van der Waals surface area contributed by atoms with Crippen LogP contribution in [0.25, 0.3) is 12.2 Å². The zero-order valence-electron chi connectivity index (χ0n) is 13.8. The first kappa shape index (κ1) is 18.2. The largest absolute Gasteiger partial charge is 0.508 e. The summed E-state index contributed by atoms with van der Waals surface area (Å²) < 4.78 is 10.7. The number of hydrogen-bond donors (Lipinski definition) is 5. The van der Waals surface area contributed by atoms with Gasteiger partial charge in [0.05, 0.1) is 6.61 Å². The fourth-order valence-corrected chi connectivity index (χ4v) is 2.56. The van der Waals surface area contributed by atoms with Crippen molar-refractivity contribution in [2.24, 2.45) is 0 Å². The fraction of sp³-hybridized carbons (Fsp3) is 0.263. The molecule has 0 aliphatic carbocycles. The van der Waals surface area contributed by atoms with Crippen LogP contribution in [0, 0.1) is 0 Å². The Morgan fingerprint density at radius 1 is 0.846 bits per heavy atom. The van der Waals surface area contributed by atoms with Crippen molar-refractivity contribution in [2.45, 2.75) is 24.6 Å². The third-order valence-electron chi connectivity index (χ3n) is 3.98. The molecule has 2 aromatic rings. The van der Waals surface area contributed by atoms with Gasteiger partial charge in [0, 0.05) is 6.07 Å². The fourth-order valence-electron chi connectivity index (χ4n) is 2.56. The molecule has 1 heterocycles. The highest BCUT2D eigenvalue weighted by Gasteiger charge is 2.39. The highest BCUT2D eigenvalue weighted by Crippen LogP contribution is 2.27. The van der Waals surface area contributed by atoms with E-state index in [2.05, 4.69) is 0 Å². The molecular formula is C19H20O7. The predicted molar refractivity (Wildman–Crippen MR) is 93.5 cm³/mol. The van der Waals surface area contributed by atoms with Gasteiger partial charge in [0.15, 0.2) is 0 Å². The Hall–Kier alpha value is -2.58. The van der Waals surface area contributed by atoms with Crippen molar-refractivity contribution in [2.75, 3.05) is 6.61 Å². The average molecular weight is 360 g/mol. The number of hydrogen-bond acceptors (Lipinski definition) is 7. The van der Waals surface area contributed by atoms with E-state index in [-0.39, 0.29) is 23.9 Å². The SMILES string of the molecule is Oc1ccc(/C=C/c2cc(O)cc(O[C@H]3OC[C@@H](O)[C@H](O)[C@H]3O)c2)cc1. The molecule has 2 aromatic carbocycles. The van der Waals surface area contributed by atoms with Crippen LogP contribution < -0.4 is 4.74 Å². The maximum absolute atomic E-state index is 9.93. The van der Waals surface area contributed by atoms with E-state index in [4.69, 9.17) is 9.47 Å². The van der Waals surface area contributed by atoms with Gasteiger partial charge in [0.1, 0.15) is 35.6 Å². The van der Waals surface area contributed by atoms with Crippen LogP contribution in [0.3, 0.4) is 0 Å². The molecule has 0 radical (unpaired) electrons. The van der Waals surface area contributed by atoms with E-state index in [1.807, 2.05) is 0 Å². The van der Waals surface area contributed by atoms with Crippen LogP contribution in [0.4, 0.5) is 0 Å². The van der Waals surface area contributed by atoms with Gasteiger partial charge < -0.3 is 35.0 Å². The number of aromatic hydroxyl groups is 2. The van der Waals surface area contributed by atoms with E-state index in [9.17, 15) is 25.5 Å². The van der Waals surface area contributed by atoms with Crippen molar-refractivity contribution in [1.29, 1.82) is 0 Å². The van der Waals surface area contributed by atoms with E-state index in [1.165, 1.54) is 12.1 Å². The van der Waals surface area contributed by atoms with Gasteiger partial charge >= 0.3 is 0 Å². The third-order valence-corrected chi connectivity index (χ3v) is 3.98. The van der Waals surface area contributed by atoms with Gasteiger partial charge in [-0.2, -0.15) is 0 Å². The smallest absolute Gasteiger partial charge is 0.228 e. The highest BCUT2D eigenvalue weighted by atomic mass is 16.7. The summed E-state index contributed by atoms with van der Waals surface area (Å²) in [5, 5.41) is 48.2. The summed E-state index contributed by atoms with van der Waals surface area (Å²) in [7, 11) is 0. The van der Waals surface area contributed by atoms with Gasteiger partial charge in [-0.15, -0.1) is 0 Å². The van der Waals surface area contributed by atoms with Crippen LogP contribution in [0.15, 0.2) is 42.5 Å². The molecule has 5 N–H and O–H groups in total. The molecule has 138 valence electrons. The summed E-state index contributed by atoms with van der Waals surface area (Å²) in [6.45, 7) is -0.171. The number of benzene rings is 2. The lowest BCUT2D eigenvalue weighted by molar-refractivity contribution is -0.242. The summed E-state index contributed by atoms with van der Waals surface area (Å²) in [6, 6.07) is 11.1. The minimum absolute atomic E-state index is 0.0428. The first-order chi connectivity index (χ1) is 12.4. The summed E-state index contributed by atoms with van der Waals surface area (Å²) in [4.78, 5) is 0. The van der Waals surface area contributed by atoms with E-state index < -0.39 is 24.6 Å². The summed E-state index contributed by atoms with van der Waals surface area (Å²) in [5.74, 6) is 0.371. The van der Waals surface area contributed by atoms with Crippen molar-refractivity contribution in [1.82, 2.24) is 0 Å². The van der Waals surface area contributed by atoms with Gasteiger partial charge in [0.2, 0.25) is 6.29 Å². The molecule has 1 saturated heterocycles. The second-order valence-electron chi connectivity index (χ2n) is 6.05. The molecule has 0 aromatic heterocycles. The Morgan fingerprint density at radius 2 is 1.54 bits per heavy atom. The monoisotopic (exact) mass is 360 g/mol. The Bertz CT molecular complexity index is 772. The van der Waals surface area contributed by atoms with Crippen LogP contribution >= 0.6 is 0 Å². The van der Waals surface area contributed by atoms with E-state index >= 15 is 0 Å². The number of aliphatic hydroxyl groups is 3. The molecule has 4 atom stereocenters. The predicted octanol–water partition coefficient (Wildman–Crippen LogP) is 1.09. The second-order valence-corrected chi connectivity index (χ2v) is 6.05. The lowest BCUT2D eigenvalue weighted by Crippen LogP contribution is -2.54. The van der Waals surface area contributed by atoms with Crippen molar-refractivity contribution >= 4 is 12.2 Å². The molecule has 0 bridgehead atoms. The first-order valence-electron chi connectivity index (χ1n) is 8.06. The molecule has 0 spiro atoms. The number of aliphatic hydroxyl groups excluding tert-OH is 3. The second kappa shape index (κ2) is 7.76. The molecule has 7 nitrogen and oxygen atoms in total. The summed E-state index contributed by atoms with van der Waals surface area (Å²) in [5.41, 5.74) is 1.50. The molecular weight excluding hydrogens is 340 g/mol. The van der Waals surface area contributed by atoms with Crippen LogP contribution in [0.5, 0.6) is 17.2 Å². The van der Waals surface area contributed by atoms with Gasteiger partial charge in [-0.05, 0) is 35.4 Å². The van der Waals surface area contributed by atoms with E-state index in [0.717, 1.165) is 5.56 Å². The lowest BCUT2D eigenvalue weighted by Gasteiger charge is -2.34. The van der Waals surface area contributed by atoms with Crippen molar-refractivity contribution < 1.29 is 35.0 Å². The Labute approximate surface area is 150 Å². The van der Waals surface area contributed by atoms with E-state index in [1.54, 1.807) is 42.5 Å². The zero-order chi connectivity index (χ0) is 18.7. The maximum atomic E-state index is 9.93. The van der Waals surface area contributed by atoms with Gasteiger partial charge in [0.25, 0.3) is 0 Å². The number of ether oxygens (including phenoxy) is 2. The molecule has 0 amide bonds. The number of phenols is 2. The van der Waals surface area contributed by atoms with Gasteiger partial charge in [-0.1, -0.05) is 24.3 Å². The number of rotatable bonds is 4. The first-order valence-corrected chi connectivity index (χ1v) is 8.06. The molecule has 0 saturated carbocycles. The Kier molecular flexibility index (Phi) is 5.43. The quantitative estimate of drug-likeness (QED) is 0.518. The van der Waals surface area contributed by atoms with Crippen LogP contribution in [0.2, 0.25) is 0 Å². The Morgan fingerprint density at radius 3 is 2.27 bits per heavy atom. The molecule has 3 rings (SSSR count). The lowest BCUT2D eigenvalue weighted by atomic mass is 10.1. The maximum Gasteiger partial charge on any atom is 0.228 e. The van der Waals surface area contributed by atoms with Gasteiger partial charge in [-0.25, -0.2) is 0 Å². The van der Waals surface area contributed by atoms with Crippen molar-refractivity contribution in [3.05, 3.63) is 53.6 Å². The average Bonchev–Trinajstić information content (AvgIpc) is 2.61. The van der Waals surface area contributed by atoms with Crippen LogP contribution in [-0.4, -0.2) is 56.7 Å². The molecule has 7 heteroatoms. The normalized spacial score (nSPS) is 26.1.